The molecule has 29 heavy (non-hydrogen) atoms. The number of hydrogen-bond donors (Lipinski definition) is 2. The largest absolute Gasteiger partial charge is 0.503 e. The number of aliphatic hydroxyl groups excluding tert-OH is 1. The zero-order valence-corrected chi connectivity index (χ0v) is 17.2. The number of quaternary nitrogens is 1. The number of aliphatic hydroxyl groups is 1. The molecule has 2 aliphatic heterocycles. The number of thiophene rings is 1. The van der Waals surface area contributed by atoms with Gasteiger partial charge in [0.15, 0.2) is 5.76 Å². The summed E-state index contributed by atoms with van der Waals surface area (Å²) in [6.45, 7) is 6.46. The number of ether oxygens (including phenoxy) is 1. The SMILES string of the molecule is Cc1ccc(C2C(C(=O)c3cccs3)=C(O)C(=O)N2CC[NH+]2CCOCC2)cc1. The van der Waals surface area contributed by atoms with Crippen molar-refractivity contribution in [3.8, 4) is 0 Å². The average Bonchev–Trinajstić information content (AvgIpc) is 3.36. The van der Waals surface area contributed by atoms with Crippen LogP contribution in [0.5, 0.6) is 0 Å². The third kappa shape index (κ3) is 3.99. The zero-order valence-electron chi connectivity index (χ0n) is 16.4. The number of carbonyl (C=O) groups is 2. The summed E-state index contributed by atoms with van der Waals surface area (Å²) in [6, 6.07) is 10.8. The van der Waals surface area contributed by atoms with Crippen LogP contribution in [-0.2, 0) is 9.53 Å². The van der Waals surface area contributed by atoms with Crippen LogP contribution in [0.4, 0.5) is 0 Å². The average molecular weight is 414 g/mol. The molecule has 1 unspecified atom stereocenters. The Hall–Kier alpha value is -2.48. The van der Waals surface area contributed by atoms with E-state index >= 15 is 0 Å². The van der Waals surface area contributed by atoms with Gasteiger partial charge >= 0.3 is 0 Å². The number of carbonyl (C=O) groups excluding carboxylic acids is 2. The molecule has 0 spiro atoms. The molecule has 2 N–H and O–H groups in total. The number of hydrogen-bond acceptors (Lipinski definition) is 5. The number of rotatable bonds is 6. The minimum atomic E-state index is -0.571. The lowest BCUT2D eigenvalue weighted by molar-refractivity contribution is -0.907. The van der Waals surface area contributed by atoms with Gasteiger partial charge in [0.1, 0.15) is 13.1 Å². The summed E-state index contributed by atoms with van der Waals surface area (Å²) < 4.78 is 5.41. The van der Waals surface area contributed by atoms with Crippen molar-refractivity contribution in [2.75, 3.05) is 39.4 Å². The first-order chi connectivity index (χ1) is 14.1. The summed E-state index contributed by atoms with van der Waals surface area (Å²) in [5, 5.41) is 12.5. The number of benzene rings is 1. The van der Waals surface area contributed by atoms with Gasteiger partial charge < -0.3 is 19.6 Å². The fraction of sp³-hybridized carbons (Fsp3) is 0.364. The minimum Gasteiger partial charge on any atom is -0.503 e. The molecule has 1 amide bonds. The molecular weight excluding hydrogens is 388 g/mol. The standard InChI is InChI=1S/C22H24N2O4S/c1-15-4-6-16(7-5-15)19-18(20(25)17-3-2-14-29-17)21(26)22(27)24(19)9-8-23-10-12-28-13-11-23/h2-7,14,19,26H,8-13H2,1H3/p+1. The van der Waals surface area contributed by atoms with Gasteiger partial charge in [0, 0.05) is 0 Å². The fourth-order valence-corrected chi connectivity index (χ4v) is 4.62. The second-order valence-electron chi connectivity index (χ2n) is 7.49. The van der Waals surface area contributed by atoms with Crippen LogP contribution in [0.1, 0.15) is 26.8 Å². The van der Waals surface area contributed by atoms with Crippen LogP contribution >= 0.6 is 11.3 Å². The van der Waals surface area contributed by atoms with Gasteiger partial charge in [-0.2, -0.15) is 0 Å². The highest BCUT2D eigenvalue weighted by atomic mass is 32.1. The van der Waals surface area contributed by atoms with Crippen LogP contribution in [-0.4, -0.2) is 61.1 Å². The van der Waals surface area contributed by atoms with Crippen molar-refractivity contribution in [3.05, 3.63) is 69.1 Å². The van der Waals surface area contributed by atoms with Crippen molar-refractivity contribution in [2.45, 2.75) is 13.0 Å². The third-order valence-electron chi connectivity index (χ3n) is 5.59. The fourth-order valence-electron chi connectivity index (χ4n) is 3.94. The first-order valence-corrected chi connectivity index (χ1v) is 10.7. The first-order valence-electron chi connectivity index (χ1n) is 9.86. The Labute approximate surface area is 174 Å². The Bertz CT molecular complexity index is 915. The first kappa shape index (κ1) is 19.8. The summed E-state index contributed by atoms with van der Waals surface area (Å²) in [5.41, 5.74) is 2.12. The van der Waals surface area contributed by atoms with Gasteiger partial charge in [-0.1, -0.05) is 35.9 Å². The smallest absolute Gasteiger partial charge is 0.290 e. The van der Waals surface area contributed by atoms with Crippen LogP contribution in [0, 0.1) is 6.92 Å². The number of aryl methyl sites for hydroxylation is 1. The van der Waals surface area contributed by atoms with Gasteiger partial charge in [0.05, 0.1) is 42.8 Å². The van der Waals surface area contributed by atoms with Crippen LogP contribution in [0.2, 0.25) is 0 Å². The lowest BCUT2D eigenvalue weighted by Gasteiger charge is -2.30. The summed E-state index contributed by atoms with van der Waals surface area (Å²) in [4.78, 5) is 29.6. The summed E-state index contributed by atoms with van der Waals surface area (Å²) in [6.07, 6.45) is 0. The van der Waals surface area contributed by atoms with E-state index in [4.69, 9.17) is 4.74 Å². The predicted octanol–water partition coefficient (Wildman–Crippen LogP) is 1.55. The summed E-state index contributed by atoms with van der Waals surface area (Å²) in [7, 11) is 0. The molecule has 1 atom stereocenters. The van der Waals surface area contributed by atoms with E-state index in [2.05, 4.69) is 0 Å². The van der Waals surface area contributed by atoms with Gasteiger partial charge in [-0.05, 0) is 23.9 Å². The van der Waals surface area contributed by atoms with Gasteiger partial charge in [0.25, 0.3) is 5.91 Å². The van der Waals surface area contributed by atoms with Crippen molar-refractivity contribution >= 4 is 23.0 Å². The molecule has 6 nitrogen and oxygen atoms in total. The molecule has 4 rings (SSSR count). The van der Waals surface area contributed by atoms with E-state index in [1.807, 2.05) is 36.6 Å². The second-order valence-corrected chi connectivity index (χ2v) is 8.44. The number of nitrogens with zero attached hydrogens (tertiary/aromatic N) is 1. The molecule has 7 heteroatoms. The zero-order chi connectivity index (χ0) is 20.4. The topological polar surface area (TPSA) is 71.3 Å². The molecule has 1 aromatic heterocycles. The van der Waals surface area contributed by atoms with Crippen molar-refractivity contribution in [3.63, 3.8) is 0 Å². The molecule has 152 valence electrons. The minimum absolute atomic E-state index is 0.179. The Balaban J connectivity index is 1.66. The maximum Gasteiger partial charge on any atom is 0.290 e. The van der Waals surface area contributed by atoms with E-state index < -0.39 is 17.7 Å². The summed E-state index contributed by atoms with van der Waals surface area (Å²) >= 11 is 1.32. The maximum absolute atomic E-state index is 13.2. The molecule has 3 heterocycles. The Morgan fingerprint density at radius 2 is 1.97 bits per heavy atom. The molecule has 1 aromatic carbocycles. The van der Waals surface area contributed by atoms with E-state index in [0.717, 1.165) is 44.0 Å². The molecule has 0 bridgehead atoms. The maximum atomic E-state index is 13.2. The van der Waals surface area contributed by atoms with Crippen LogP contribution < -0.4 is 4.90 Å². The van der Waals surface area contributed by atoms with Crippen molar-refractivity contribution in [2.24, 2.45) is 0 Å². The van der Waals surface area contributed by atoms with Crippen LogP contribution in [0.15, 0.2) is 53.1 Å². The molecule has 2 aromatic rings. The van der Waals surface area contributed by atoms with E-state index in [0.29, 0.717) is 11.4 Å². The number of Topliss-reactive ketones (excluding diaryl/α,β-unsaturated/α-hetero) is 1. The number of morpholine rings is 1. The highest BCUT2D eigenvalue weighted by molar-refractivity contribution is 7.12. The normalized spacial score (nSPS) is 20.5. The van der Waals surface area contributed by atoms with Gasteiger partial charge in [-0.25, -0.2) is 0 Å². The Morgan fingerprint density at radius 3 is 2.62 bits per heavy atom. The lowest BCUT2D eigenvalue weighted by atomic mass is 9.95. The number of amides is 1. The molecule has 0 radical (unpaired) electrons. The van der Waals surface area contributed by atoms with Crippen molar-refractivity contribution < 1.29 is 24.3 Å². The van der Waals surface area contributed by atoms with Crippen molar-refractivity contribution in [1.29, 1.82) is 0 Å². The van der Waals surface area contributed by atoms with E-state index in [1.54, 1.807) is 17.0 Å². The molecule has 0 aliphatic carbocycles. The van der Waals surface area contributed by atoms with Gasteiger partial charge in [-0.3, -0.25) is 9.59 Å². The van der Waals surface area contributed by atoms with Crippen LogP contribution in [0.3, 0.4) is 0 Å². The molecular formula is C22H25N2O4S+. The summed E-state index contributed by atoms with van der Waals surface area (Å²) in [5.74, 6) is -1.17. The van der Waals surface area contributed by atoms with Gasteiger partial charge in [-0.15, -0.1) is 11.3 Å². The lowest BCUT2D eigenvalue weighted by Crippen LogP contribution is -3.14. The number of nitrogens with one attached hydrogen (secondary N) is 1. The van der Waals surface area contributed by atoms with E-state index in [-0.39, 0.29) is 11.4 Å². The van der Waals surface area contributed by atoms with E-state index in [1.165, 1.54) is 16.2 Å². The molecule has 2 aliphatic rings. The predicted molar refractivity (Wildman–Crippen MR) is 110 cm³/mol. The molecule has 1 saturated heterocycles. The highest BCUT2D eigenvalue weighted by Gasteiger charge is 2.44. The molecule has 0 saturated carbocycles. The van der Waals surface area contributed by atoms with Gasteiger partial charge in [0.2, 0.25) is 5.78 Å². The molecule has 1 fully saturated rings. The van der Waals surface area contributed by atoms with Crippen LogP contribution in [0.25, 0.3) is 0 Å². The quantitative estimate of drug-likeness (QED) is 0.705. The second kappa shape index (κ2) is 8.49. The third-order valence-corrected chi connectivity index (χ3v) is 6.46. The monoisotopic (exact) mass is 413 g/mol. The van der Waals surface area contributed by atoms with Crippen molar-refractivity contribution in [1.82, 2.24) is 4.90 Å². The Morgan fingerprint density at radius 1 is 1.24 bits per heavy atom. The van der Waals surface area contributed by atoms with E-state index in [9.17, 15) is 14.7 Å². The highest BCUT2D eigenvalue weighted by Crippen LogP contribution is 2.39. The Kier molecular flexibility index (Phi) is 5.80. The number of ketones is 1.